The third-order valence-electron chi connectivity index (χ3n) is 5.74. The molecule has 2 N–H and O–H groups in total. The highest BCUT2D eigenvalue weighted by Gasteiger charge is 2.32. The third kappa shape index (κ3) is 4.23. The molecule has 9 nitrogen and oxygen atoms in total. The van der Waals surface area contributed by atoms with Crippen LogP contribution >= 0.6 is 0 Å². The monoisotopic (exact) mass is 437 g/mol. The van der Waals surface area contributed by atoms with E-state index in [0.29, 0.717) is 30.8 Å². The molecular formula is C23H27N5O4. The average Bonchev–Trinajstić information content (AvgIpc) is 3.45. The first kappa shape index (κ1) is 21.6. The van der Waals surface area contributed by atoms with Gasteiger partial charge in [0.2, 0.25) is 0 Å². The predicted molar refractivity (Wildman–Crippen MR) is 118 cm³/mol. The van der Waals surface area contributed by atoms with E-state index in [9.17, 15) is 9.59 Å². The summed E-state index contributed by atoms with van der Waals surface area (Å²) < 4.78 is 11.9. The van der Waals surface area contributed by atoms with Crippen LogP contribution in [0.25, 0.3) is 5.69 Å². The molecular weight excluding hydrogens is 410 g/mol. The second kappa shape index (κ2) is 9.25. The highest BCUT2D eigenvalue weighted by Crippen LogP contribution is 2.26. The smallest absolute Gasteiger partial charge is 0.276 e. The molecule has 1 atom stereocenters. The number of ketones is 1. The molecule has 1 aromatic carbocycles. The summed E-state index contributed by atoms with van der Waals surface area (Å²) >= 11 is 0. The first-order chi connectivity index (χ1) is 15.5. The lowest BCUT2D eigenvalue weighted by Gasteiger charge is -2.31. The molecule has 0 unspecified atom stereocenters. The SMILES string of the molecule is CCCc1cc(C(=O)N2CCC[C@@H](C(=O)c3cnn(-c4ccc(OC)cc4)c3N)C2)no1. The number of likely N-dealkylation sites (tertiary alicyclic amines) is 1. The molecule has 0 spiro atoms. The largest absolute Gasteiger partial charge is 0.497 e. The van der Waals surface area contributed by atoms with E-state index in [2.05, 4.69) is 10.3 Å². The van der Waals surface area contributed by atoms with Gasteiger partial charge in [0.15, 0.2) is 11.5 Å². The first-order valence-corrected chi connectivity index (χ1v) is 10.8. The van der Waals surface area contributed by atoms with Crippen molar-refractivity contribution in [2.75, 3.05) is 25.9 Å². The number of rotatable bonds is 7. The van der Waals surface area contributed by atoms with Gasteiger partial charge in [-0.2, -0.15) is 5.10 Å². The summed E-state index contributed by atoms with van der Waals surface area (Å²) in [5, 5.41) is 8.21. The van der Waals surface area contributed by atoms with E-state index in [4.69, 9.17) is 15.0 Å². The van der Waals surface area contributed by atoms with E-state index in [-0.39, 0.29) is 29.1 Å². The maximum absolute atomic E-state index is 13.2. The number of carbonyl (C=O) groups excluding carboxylic acids is 2. The number of hydrogen-bond acceptors (Lipinski definition) is 7. The Hall–Kier alpha value is -3.62. The van der Waals surface area contributed by atoms with Crippen molar-refractivity contribution in [2.45, 2.75) is 32.6 Å². The van der Waals surface area contributed by atoms with E-state index in [0.717, 1.165) is 30.7 Å². The van der Waals surface area contributed by atoms with Crippen LogP contribution in [0.5, 0.6) is 5.75 Å². The second-order valence-electron chi connectivity index (χ2n) is 7.94. The summed E-state index contributed by atoms with van der Waals surface area (Å²) in [5.74, 6) is 1.04. The van der Waals surface area contributed by atoms with E-state index in [1.165, 1.54) is 10.9 Å². The normalized spacial score (nSPS) is 16.2. The van der Waals surface area contributed by atoms with E-state index >= 15 is 0 Å². The maximum atomic E-state index is 13.2. The number of aromatic nitrogens is 3. The Morgan fingerprint density at radius 1 is 1.28 bits per heavy atom. The molecule has 0 saturated carbocycles. The Labute approximate surface area is 186 Å². The lowest BCUT2D eigenvalue weighted by Crippen LogP contribution is -2.42. The van der Waals surface area contributed by atoms with Crippen molar-refractivity contribution < 1.29 is 18.8 Å². The third-order valence-corrected chi connectivity index (χ3v) is 5.74. The fourth-order valence-corrected chi connectivity index (χ4v) is 4.01. The molecule has 9 heteroatoms. The molecule has 2 aromatic heterocycles. The number of piperidine rings is 1. The standard InChI is InChI=1S/C23H27N5O4/c1-3-5-18-12-20(26-32-18)23(30)27-11-4-6-15(14-27)21(29)19-13-25-28(22(19)24)16-7-9-17(31-2)10-8-16/h7-10,12-13,15H,3-6,11,14,24H2,1-2H3/t15-/m1/s1. The zero-order chi connectivity index (χ0) is 22.7. The number of methoxy groups -OCH3 is 1. The summed E-state index contributed by atoms with van der Waals surface area (Å²) in [5.41, 5.74) is 7.66. The number of ether oxygens (including phenoxy) is 1. The van der Waals surface area contributed by atoms with Crippen LogP contribution in [-0.2, 0) is 6.42 Å². The summed E-state index contributed by atoms with van der Waals surface area (Å²) in [4.78, 5) is 27.8. The fraction of sp³-hybridized carbons (Fsp3) is 0.391. The summed E-state index contributed by atoms with van der Waals surface area (Å²) in [6, 6.07) is 8.94. The zero-order valence-electron chi connectivity index (χ0n) is 18.3. The van der Waals surface area contributed by atoms with Gasteiger partial charge < -0.3 is 19.9 Å². The van der Waals surface area contributed by atoms with Crippen LogP contribution in [0.3, 0.4) is 0 Å². The van der Waals surface area contributed by atoms with Crippen LogP contribution in [0.4, 0.5) is 5.82 Å². The van der Waals surface area contributed by atoms with Gasteiger partial charge in [-0.25, -0.2) is 4.68 Å². The van der Waals surface area contributed by atoms with Gasteiger partial charge in [0.25, 0.3) is 5.91 Å². The van der Waals surface area contributed by atoms with Crippen molar-refractivity contribution >= 4 is 17.5 Å². The van der Waals surface area contributed by atoms with Crippen molar-refractivity contribution in [1.82, 2.24) is 19.8 Å². The number of amides is 1. The summed E-state index contributed by atoms with van der Waals surface area (Å²) in [7, 11) is 1.60. The highest BCUT2D eigenvalue weighted by atomic mass is 16.5. The lowest BCUT2D eigenvalue weighted by molar-refractivity contribution is 0.0629. The molecule has 1 amide bonds. The van der Waals surface area contributed by atoms with Crippen LogP contribution in [0.15, 0.2) is 41.1 Å². The van der Waals surface area contributed by atoms with E-state index < -0.39 is 0 Å². The number of nitrogens with two attached hydrogens (primary N) is 1. The van der Waals surface area contributed by atoms with Crippen LogP contribution in [0.1, 0.15) is 52.8 Å². The molecule has 0 bridgehead atoms. The topological polar surface area (TPSA) is 116 Å². The summed E-state index contributed by atoms with van der Waals surface area (Å²) in [6.07, 6.45) is 4.56. The Balaban J connectivity index is 1.48. The quantitative estimate of drug-likeness (QED) is 0.564. The van der Waals surface area contributed by atoms with Crippen LogP contribution < -0.4 is 10.5 Å². The molecule has 1 saturated heterocycles. The van der Waals surface area contributed by atoms with Crippen molar-refractivity contribution in [3.05, 3.63) is 53.5 Å². The van der Waals surface area contributed by atoms with Gasteiger partial charge in [-0.1, -0.05) is 12.1 Å². The Bertz CT molecular complexity index is 1100. The van der Waals surface area contributed by atoms with Crippen molar-refractivity contribution in [2.24, 2.45) is 5.92 Å². The number of Topliss-reactive ketones (excluding diaryl/α,β-unsaturated/α-hetero) is 1. The van der Waals surface area contributed by atoms with Crippen molar-refractivity contribution in [3.63, 3.8) is 0 Å². The molecule has 3 aromatic rings. The van der Waals surface area contributed by atoms with Crippen molar-refractivity contribution in [1.29, 1.82) is 0 Å². The number of hydrogen-bond donors (Lipinski definition) is 1. The molecule has 4 rings (SSSR count). The van der Waals surface area contributed by atoms with Gasteiger partial charge in [-0.05, 0) is 43.5 Å². The van der Waals surface area contributed by atoms with Gasteiger partial charge >= 0.3 is 0 Å². The highest BCUT2D eigenvalue weighted by molar-refractivity contribution is 6.02. The van der Waals surface area contributed by atoms with Gasteiger partial charge in [-0.15, -0.1) is 0 Å². The molecule has 3 heterocycles. The van der Waals surface area contributed by atoms with Crippen LogP contribution in [0.2, 0.25) is 0 Å². The van der Waals surface area contributed by atoms with Crippen molar-refractivity contribution in [3.8, 4) is 11.4 Å². The molecule has 168 valence electrons. The first-order valence-electron chi connectivity index (χ1n) is 10.8. The fourth-order valence-electron chi connectivity index (χ4n) is 4.01. The molecule has 32 heavy (non-hydrogen) atoms. The number of carbonyl (C=O) groups is 2. The molecule has 1 aliphatic heterocycles. The molecule has 1 aliphatic rings. The number of benzene rings is 1. The molecule has 0 aliphatic carbocycles. The lowest BCUT2D eigenvalue weighted by atomic mass is 9.90. The van der Waals surface area contributed by atoms with Gasteiger partial charge in [-0.3, -0.25) is 9.59 Å². The van der Waals surface area contributed by atoms with Crippen LogP contribution in [0, 0.1) is 5.92 Å². The zero-order valence-corrected chi connectivity index (χ0v) is 18.3. The number of nitrogen functional groups attached to an aromatic ring is 1. The minimum Gasteiger partial charge on any atom is -0.497 e. The second-order valence-corrected chi connectivity index (χ2v) is 7.94. The van der Waals surface area contributed by atoms with E-state index in [1.807, 2.05) is 19.1 Å². The number of aryl methyl sites for hydroxylation is 1. The molecule has 1 fully saturated rings. The minimum absolute atomic E-state index is 0.105. The minimum atomic E-state index is -0.342. The maximum Gasteiger partial charge on any atom is 0.276 e. The molecule has 0 radical (unpaired) electrons. The predicted octanol–water partition coefficient (Wildman–Crippen LogP) is 3.14. The summed E-state index contributed by atoms with van der Waals surface area (Å²) in [6.45, 7) is 2.94. The van der Waals surface area contributed by atoms with E-state index in [1.54, 1.807) is 30.2 Å². The Morgan fingerprint density at radius 2 is 2.06 bits per heavy atom. The van der Waals surface area contributed by atoms with Crippen LogP contribution in [-0.4, -0.2) is 51.7 Å². The van der Waals surface area contributed by atoms with Gasteiger partial charge in [0.1, 0.15) is 17.3 Å². The Morgan fingerprint density at radius 3 is 2.78 bits per heavy atom. The van der Waals surface area contributed by atoms with Gasteiger partial charge in [0, 0.05) is 31.5 Å². The van der Waals surface area contributed by atoms with Gasteiger partial charge in [0.05, 0.1) is 24.6 Å². The number of nitrogens with zero attached hydrogens (tertiary/aromatic N) is 4. The number of anilines is 1. The average molecular weight is 438 g/mol. The Kier molecular flexibility index (Phi) is 6.25.